The van der Waals surface area contributed by atoms with Crippen LogP contribution in [-0.4, -0.2) is 21.3 Å². The van der Waals surface area contributed by atoms with E-state index in [1.807, 2.05) is 6.07 Å². The second-order valence-electron chi connectivity index (χ2n) is 7.41. The van der Waals surface area contributed by atoms with Crippen molar-refractivity contribution in [1.82, 2.24) is 20.1 Å². The number of benzene rings is 1. The highest BCUT2D eigenvalue weighted by molar-refractivity contribution is 5.57. The van der Waals surface area contributed by atoms with E-state index < -0.39 is 0 Å². The molecular formula is C22H28N4O. The summed E-state index contributed by atoms with van der Waals surface area (Å²) in [4.78, 5) is 0. The van der Waals surface area contributed by atoms with Gasteiger partial charge in [0.2, 0.25) is 0 Å². The number of hydrogen-bond acceptors (Lipinski definition) is 4. The van der Waals surface area contributed by atoms with Gasteiger partial charge in [-0.05, 0) is 44.9 Å². The highest BCUT2D eigenvalue weighted by Crippen LogP contribution is 2.22. The molecule has 0 saturated heterocycles. The summed E-state index contributed by atoms with van der Waals surface area (Å²) >= 11 is 0. The van der Waals surface area contributed by atoms with Gasteiger partial charge in [-0.15, -0.1) is 10.2 Å². The van der Waals surface area contributed by atoms with E-state index in [4.69, 9.17) is 4.42 Å². The second-order valence-corrected chi connectivity index (χ2v) is 7.41. The SMILES string of the molecule is Cc1ccc(-c2ccc(CNCCCc3nnc4n3CCCCC4)o2)cc1. The molecule has 0 aliphatic carbocycles. The monoisotopic (exact) mass is 364 g/mol. The van der Waals surface area contributed by atoms with Gasteiger partial charge in [0, 0.05) is 24.9 Å². The Morgan fingerprint density at radius 2 is 1.93 bits per heavy atom. The Balaban J connectivity index is 1.23. The molecule has 0 spiro atoms. The molecule has 0 atom stereocenters. The van der Waals surface area contributed by atoms with E-state index in [0.717, 1.165) is 61.8 Å². The molecule has 1 aliphatic heterocycles. The minimum atomic E-state index is 0.754. The molecule has 1 aliphatic rings. The summed E-state index contributed by atoms with van der Waals surface area (Å²) in [5.74, 6) is 4.22. The lowest BCUT2D eigenvalue weighted by Crippen LogP contribution is -2.16. The quantitative estimate of drug-likeness (QED) is 0.635. The number of aryl methyl sites for hydroxylation is 3. The summed E-state index contributed by atoms with van der Waals surface area (Å²) in [6, 6.07) is 12.5. The van der Waals surface area contributed by atoms with Crippen LogP contribution < -0.4 is 5.32 Å². The van der Waals surface area contributed by atoms with Crippen molar-refractivity contribution in [1.29, 1.82) is 0 Å². The highest BCUT2D eigenvalue weighted by atomic mass is 16.3. The van der Waals surface area contributed by atoms with Crippen LogP contribution in [0.5, 0.6) is 0 Å². The molecule has 0 amide bonds. The molecule has 1 aromatic carbocycles. The number of rotatable bonds is 7. The Hall–Kier alpha value is -2.40. The molecule has 0 fully saturated rings. The van der Waals surface area contributed by atoms with Crippen molar-refractivity contribution in [3.63, 3.8) is 0 Å². The average molecular weight is 364 g/mol. The van der Waals surface area contributed by atoms with Gasteiger partial charge < -0.3 is 14.3 Å². The van der Waals surface area contributed by atoms with E-state index in [-0.39, 0.29) is 0 Å². The summed E-state index contributed by atoms with van der Waals surface area (Å²) in [7, 11) is 0. The van der Waals surface area contributed by atoms with Crippen molar-refractivity contribution in [2.75, 3.05) is 6.54 Å². The third kappa shape index (κ3) is 4.48. The van der Waals surface area contributed by atoms with Crippen LogP contribution in [0.25, 0.3) is 11.3 Å². The molecule has 2 aromatic heterocycles. The second kappa shape index (κ2) is 8.53. The normalized spacial score (nSPS) is 14.1. The first-order chi connectivity index (χ1) is 13.3. The number of hydrogen-bond donors (Lipinski definition) is 1. The van der Waals surface area contributed by atoms with Crippen LogP contribution in [0.15, 0.2) is 40.8 Å². The van der Waals surface area contributed by atoms with Crippen molar-refractivity contribution >= 4 is 0 Å². The van der Waals surface area contributed by atoms with Crippen LogP contribution in [0, 0.1) is 6.92 Å². The van der Waals surface area contributed by atoms with Gasteiger partial charge in [-0.1, -0.05) is 36.2 Å². The smallest absolute Gasteiger partial charge is 0.134 e. The van der Waals surface area contributed by atoms with Crippen molar-refractivity contribution in [2.24, 2.45) is 0 Å². The summed E-state index contributed by atoms with van der Waals surface area (Å²) in [6.45, 7) is 4.88. The predicted octanol–water partition coefficient (Wildman–Crippen LogP) is 4.30. The van der Waals surface area contributed by atoms with Gasteiger partial charge in [0.25, 0.3) is 0 Å². The van der Waals surface area contributed by atoms with Crippen molar-refractivity contribution in [3.8, 4) is 11.3 Å². The zero-order valence-corrected chi connectivity index (χ0v) is 16.1. The first-order valence-electron chi connectivity index (χ1n) is 10.1. The molecule has 5 nitrogen and oxygen atoms in total. The maximum atomic E-state index is 5.96. The van der Waals surface area contributed by atoms with Crippen LogP contribution >= 0.6 is 0 Å². The third-order valence-corrected chi connectivity index (χ3v) is 5.24. The standard InChI is InChI=1S/C22H28N4O/c1-17-8-10-18(11-9-17)20-13-12-19(27-20)16-23-14-5-7-22-25-24-21-6-3-2-4-15-26(21)22/h8-13,23H,2-7,14-16H2,1H3. The lowest BCUT2D eigenvalue weighted by atomic mass is 10.1. The van der Waals surface area contributed by atoms with E-state index in [1.54, 1.807) is 0 Å². The van der Waals surface area contributed by atoms with Crippen molar-refractivity contribution < 1.29 is 4.42 Å². The highest BCUT2D eigenvalue weighted by Gasteiger charge is 2.14. The Morgan fingerprint density at radius 1 is 1.04 bits per heavy atom. The number of nitrogens with one attached hydrogen (secondary N) is 1. The van der Waals surface area contributed by atoms with E-state index >= 15 is 0 Å². The molecule has 0 unspecified atom stereocenters. The van der Waals surface area contributed by atoms with Gasteiger partial charge in [-0.25, -0.2) is 0 Å². The van der Waals surface area contributed by atoms with Gasteiger partial charge in [0.1, 0.15) is 23.2 Å². The Kier molecular flexibility index (Phi) is 5.68. The Morgan fingerprint density at radius 3 is 2.81 bits per heavy atom. The predicted molar refractivity (Wildman–Crippen MR) is 106 cm³/mol. The molecule has 3 heterocycles. The third-order valence-electron chi connectivity index (χ3n) is 5.24. The van der Waals surface area contributed by atoms with Crippen LogP contribution in [0.2, 0.25) is 0 Å². The minimum Gasteiger partial charge on any atom is -0.460 e. The average Bonchev–Trinajstić information content (AvgIpc) is 3.23. The van der Waals surface area contributed by atoms with Gasteiger partial charge in [-0.3, -0.25) is 0 Å². The molecule has 5 heteroatoms. The number of aromatic nitrogens is 3. The van der Waals surface area contributed by atoms with E-state index in [9.17, 15) is 0 Å². The number of fused-ring (bicyclic) bond motifs is 1. The fourth-order valence-electron chi connectivity index (χ4n) is 3.66. The lowest BCUT2D eigenvalue weighted by molar-refractivity contribution is 0.489. The summed E-state index contributed by atoms with van der Waals surface area (Å²) < 4.78 is 8.30. The summed E-state index contributed by atoms with van der Waals surface area (Å²) in [6.07, 6.45) is 6.91. The molecule has 0 saturated carbocycles. The van der Waals surface area contributed by atoms with Gasteiger partial charge >= 0.3 is 0 Å². The largest absolute Gasteiger partial charge is 0.460 e. The molecule has 3 aromatic rings. The summed E-state index contributed by atoms with van der Waals surface area (Å²) in [5, 5.41) is 12.3. The van der Waals surface area contributed by atoms with E-state index in [0.29, 0.717) is 0 Å². The van der Waals surface area contributed by atoms with Gasteiger partial charge in [0.15, 0.2) is 0 Å². The molecule has 0 radical (unpaired) electrons. The fraction of sp³-hybridized carbons (Fsp3) is 0.455. The van der Waals surface area contributed by atoms with Gasteiger partial charge in [0.05, 0.1) is 6.54 Å². The first-order valence-corrected chi connectivity index (χ1v) is 10.1. The van der Waals surface area contributed by atoms with Crippen LogP contribution in [0.3, 0.4) is 0 Å². The van der Waals surface area contributed by atoms with Crippen molar-refractivity contribution in [2.45, 2.75) is 58.5 Å². The maximum Gasteiger partial charge on any atom is 0.134 e. The molecular weight excluding hydrogens is 336 g/mol. The molecule has 0 bridgehead atoms. The van der Waals surface area contributed by atoms with Gasteiger partial charge in [-0.2, -0.15) is 0 Å². The number of nitrogens with zero attached hydrogens (tertiary/aromatic N) is 3. The number of furan rings is 1. The molecule has 27 heavy (non-hydrogen) atoms. The van der Waals surface area contributed by atoms with Crippen LogP contribution in [0.1, 0.15) is 48.7 Å². The van der Waals surface area contributed by atoms with Crippen LogP contribution in [0.4, 0.5) is 0 Å². The van der Waals surface area contributed by atoms with Crippen molar-refractivity contribution in [3.05, 3.63) is 59.4 Å². The molecule has 4 rings (SSSR count). The zero-order chi connectivity index (χ0) is 18.5. The first kappa shape index (κ1) is 18.0. The van der Waals surface area contributed by atoms with E-state index in [1.165, 1.54) is 30.7 Å². The summed E-state index contributed by atoms with van der Waals surface area (Å²) in [5.41, 5.74) is 2.39. The van der Waals surface area contributed by atoms with E-state index in [2.05, 4.69) is 57.3 Å². The lowest BCUT2D eigenvalue weighted by Gasteiger charge is -2.07. The molecule has 142 valence electrons. The Labute approximate surface area is 160 Å². The maximum absolute atomic E-state index is 5.96. The molecule has 1 N–H and O–H groups in total. The zero-order valence-electron chi connectivity index (χ0n) is 16.1. The Bertz CT molecular complexity index is 863. The fourth-order valence-corrected chi connectivity index (χ4v) is 3.66. The van der Waals surface area contributed by atoms with Crippen LogP contribution in [-0.2, 0) is 25.9 Å². The topological polar surface area (TPSA) is 55.9 Å². The minimum absolute atomic E-state index is 0.754.